The Labute approximate surface area is 244 Å². The Kier molecular flexibility index (Phi) is 17.2. The molecule has 0 N–H and O–H groups in total. The lowest BCUT2D eigenvalue weighted by Gasteiger charge is -2.39. The van der Waals surface area contributed by atoms with Crippen molar-refractivity contribution >= 4 is 8.46 Å². The van der Waals surface area contributed by atoms with E-state index in [1.807, 2.05) is 0 Å². The van der Waals surface area contributed by atoms with Gasteiger partial charge in [0.25, 0.3) is 0 Å². The van der Waals surface area contributed by atoms with Crippen molar-refractivity contribution in [2.45, 2.75) is 198 Å². The third kappa shape index (κ3) is 20.0. The first-order chi connectivity index (χ1) is 17.2. The van der Waals surface area contributed by atoms with Crippen LogP contribution in [-0.4, -0.2) is 5.16 Å². The van der Waals surface area contributed by atoms with E-state index < -0.39 is 0 Å². The minimum Gasteiger partial charge on any atom is -0.274 e. The number of rotatable bonds is 21. The maximum absolute atomic E-state index is 13.1. The van der Waals surface area contributed by atoms with Crippen LogP contribution in [0.5, 0.6) is 0 Å². The highest BCUT2D eigenvalue weighted by molar-refractivity contribution is 7.26. The minimum atomic E-state index is -0.0599. The van der Waals surface area contributed by atoms with Gasteiger partial charge in [0.1, 0.15) is 0 Å². The second kappa shape index (κ2) is 17.1. The van der Waals surface area contributed by atoms with Gasteiger partial charge >= 0.3 is 0 Å². The van der Waals surface area contributed by atoms with Crippen molar-refractivity contribution in [2.75, 3.05) is 0 Å². The van der Waals surface area contributed by atoms with Crippen LogP contribution in [-0.2, 0) is 4.57 Å². The van der Waals surface area contributed by atoms with Gasteiger partial charge in [0, 0.05) is 0 Å². The first-order valence-electron chi connectivity index (χ1n) is 16.6. The lowest BCUT2D eigenvalue weighted by atomic mass is 9.69. The average Bonchev–Trinajstić information content (AvgIpc) is 2.67. The number of hydrogen-bond donors (Lipinski definition) is 0. The summed E-state index contributed by atoms with van der Waals surface area (Å²) in [7, 11) is 0.399. The summed E-state index contributed by atoms with van der Waals surface area (Å²) in [6.07, 6.45) is 20.4. The fourth-order valence-corrected chi connectivity index (χ4v) is 9.54. The van der Waals surface area contributed by atoms with Gasteiger partial charge in [0.05, 0.1) is 5.16 Å². The van der Waals surface area contributed by atoms with Crippen LogP contribution < -0.4 is 0 Å². The Balaban J connectivity index is 5.33. The topological polar surface area (TPSA) is 17.1 Å². The molecule has 0 heterocycles. The molecule has 0 fully saturated rings. The highest BCUT2D eigenvalue weighted by Gasteiger charge is 2.38. The van der Waals surface area contributed by atoms with E-state index in [1.165, 1.54) is 83.5 Å². The minimum absolute atomic E-state index is 0.0599. The summed E-state index contributed by atoms with van der Waals surface area (Å²) >= 11 is 0. The van der Waals surface area contributed by atoms with Crippen molar-refractivity contribution < 1.29 is 4.57 Å². The Hall–Kier alpha value is 0.100. The molecule has 0 spiro atoms. The van der Waals surface area contributed by atoms with E-state index in [0.29, 0.717) is 42.0 Å². The second-order valence-electron chi connectivity index (χ2n) is 17.7. The fourth-order valence-electron chi connectivity index (χ4n) is 8.52. The van der Waals surface area contributed by atoms with Gasteiger partial charge in [0.15, 0.2) is 8.46 Å². The van der Waals surface area contributed by atoms with Gasteiger partial charge in [-0.05, 0) is 78.4 Å². The summed E-state index contributed by atoms with van der Waals surface area (Å²) in [4.78, 5) is 0. The molecule has 1 nitrogen and oxygen atoms in total. The van der Waals surface area contributed by atoms with Gasteiger partial charge in [-0.25, -0.2) is 0 Å². The van der Waals surface area contributed by atoms with E-state index in [0.717, 1.165) is 19.3 Å². The molecule has 2 heteroatoms. The summed E-state index contributed by atoms with van der Waals surface area (Å²) < 4.78 is 13.1. The maximum Gasteiger partial charge on any atom is 0.162 e. The van der Waals surface area contributed by atoms with E-state index >= 15 is 0 Å². The van der Waals surface area contributed by atoms with Crippen LogP contribution in [0.3, 0.4) is 0 Å². The van der Waals surface area contributed by atoms with Gasteiger partial charge in [-0.1, -0.05) is 148 Å². The molecule has 0 aromatic heterocycles. The largest absolute Gasteiger partial charge is 0.274 e. The van der Waals surface area contributed by atoms with Crippen LogP contribution in [0.25, 0.3) is 0 Å². The van der Waals surface area contributed by atoms with Crippen LogP contribution in [0.1, 0.15) is 193 Å². The zero-order chi connectivity index (χ0) is 29.7. The molecule has 228 valence electrons. The monoisotopic (exact) mass is 553 g/mol. The standard InChI is InChI=1S/C36H73OP/c1-14-15-16-17-18-19-20-21-22-23-36(38-37,26-30(2)24-34(10,11)28-32(4,5)6)27-31(3)25-35(12,13)29-33(7,8)9/h30-31H,14-29H2,1-13H3. The quantitative estimate of drug-likeness (QED) is 0.102. The van der Waals surface area contributed by atoms with E-state index in [9.17, 15) is 4.57 Å². The first kappa shape index (κ1) is 38.1. The summed E-state index contributed by atoms with van der Waals surface area (Å²) in [5, 5.41) is -0.0599. The molecule has 0 aliphatic carbocycles. The zero-order valence-electron chi connectivity index (χ0n) is 28.8. The van der Waals surface area contributed by atoms with Crippen molar-refractivity contribution in [2.24, 2.45) is 33.5 Å². The first-order valence-corrected chi connectivity index (χ1v) is 17.4. The van der Waals surface area contributed by atoms with Crippen molar-refractivity contribution in [3.63, 3.8) is 0 Å². The van der Waals surface area contributed by atoms with Crippen LogP contribution in [0, 0.1) is 33.5 Å². The predicted octanol–water partition coefficient (Wildman–Crippen LogP) is 13.7. The molecule has 38 heavy (non-hydrogen) atoms. The highest BCUT2D eigenvalue weighted by Crippen LogP contribution is 2.47. The molecule has 0 aliphatic heterocycles. The summed E-state index contributed by atoms with van der Waals surface area (Å²) in [6.45, 7) is 31.2. The van der Waals surface area contributed by atoms with Gasteiger partial charge in [-0.15, -0.1) is 0 Å². The molecule has 0 rings (SSSR count). The molecule has 0 amide bonds. The molecular weight excluding hydrogens is 479 g/mol. The number of hydrogen-bond acceptors (Lipinski definition) is 1. The fraction of sp³-hybridized carbons (Fsp3) is 1.00. The maximum atomic E-state index is 13.1. The molecule has 0 aromatic carbocycles. The van der Waals surface area contributed by atoms with Gasteiger partial charge in [0.2, 0.25) is 0 Å². The van der Waals surface area contributed by atoms with Gasteiger partial charge in [-0.3, -0.25) is 4.57 Å². The molecule has 2 unspecified atom stereocenters. The SMILES string of the molecule is CCCCCCCCCCCC(CC(C)CC(C)(C)CC(C)(C)C)(CC(C)CC(C)(C)CC(C)(C)C)P=O. The third-order valence-electron chi connectivity index (χ3n) is 8.22. The molecule has 0 aromatic rings. The van der Waals surface area contributed by atoms with Crippen molar-refractivity contribution in [3.05, 3.63) is 0 Å². The summed E-state index contributed by atoms with van der Waals surface area (Å²) in [6, 6.07) is 0. The molecular formula is C36H73OP. The average molecular weight is 553 g/mol. The molecule has 0 saturated heterocycles. The molecule has 0 bridgehead atoms. The molecule has 2 atom stereocenters. The Morgan fingerprint density at radius 1 is 0.526 bits per heavy atom. The Bertz CT molecular complexity index is 580. The van der Waals surface area contributed by atoms with E-state index in [1.54, 1.807) is 0 Å². The van der Waals surface area contributed by atoms with Crippen LogP contribution in [0.15, 0.2) is 0 Å². The van der Waals surface area contributed by atoms with Crippen molar-refractivity contribution in [3.8, 4) is 0 Å². The van der Waals surface area contributed by atoms with Gasteiger partial charge < -0.3 is 0 Å². The van der Waals surface area contributed by atoms with Gasteiger partial charge in [-0.2, -0.15) is 0 Å². The van der Waals surface area contributed by atoms with Crippen molar-refractivity contribution in [1.29, 1.82) is 0 Å². The molecule has 0 aliphatic rings. The lowest BCUT2D eigenvalue weighted by molar-refractivity contribution is 0.151. The summed E-state index contributed by atoms with van der Waals surface area (Å²) in [5.74, 6) is 1.20. The molecule has 0 radical (unpaired) electrons. The Morgan fingerprint density at radius 2 is 0.868 bits per heavy atom. The van der Waals surface area contributed by atoms with Crippen molar-refractivity contribution in [1.82, 2.24) is 0 Å². The van der Waals surface area contributed by atoms with E-state index in [2.05, 4.69) is 90.0 Å². The van der Waals surface area contributed by atoms with Crippen LogP contribution in [0.2, 0.25) is 0 Å². The lowest BCUT2D eigenvalue weighted by Crippen LogP contribution is -2.32. The smallest absolute Gasteiger partial charge is 0.162 e. The normalized spacial score (nSPS) is 17.0. The highest BCUT2D eigenvalue weighted by atomic mass is 31.1. The predicted molar refractivity (Wildman–Crippen MR) is 175 cm³/mol. The van der Waals surface area contributed by atoms with E-state index in [4.69, 9.17) is 0 Å². The third-order valence-corrected chi connectivity index (χ3v) is 9.19. The second-order valence-corrected chi connectivity index (χ2v) is 18.9. The number of unbranched alkanes of at least 4 members (excludes halogenated alkanes) is 8. The summed E-state index contributed by atoms with van der Waals surface area (Å²) in [5.41, 5.74) is 1.34. The zero-order valence-corrected chi connectivity index (χ0v) is 29.7. The molecule has 0 saturated carbocycles. The van der Waals surface area contributed by atoms with Crippen LogP contribution >= 0.6 is 8.46 Å². The Morgan fingerprint density at radius 3 is 1.18 bits per heavy atom. The van der Waals surface area contributed by atoms with Crippen LogP contribution in [0.4, 0.5) is 0 Å². The van der Waals surface area contributed by atoms with E-state index in [-0.39, 0.29) is 5.16 Å².